The topological polar surface area (TPSA) is 176 Å². The first kappa shape index (κ1) is 40.5. The van der Waals surface area contributed by atoms with Crippen LogP contribution in [-0.4, -0.2) is 81.9 Å². The van der Waals surface area contributed by atoms with E-state index in [1.165, 1.54) is 11.1 Å². The molecule has 6 atom stereocenters. The Kier molecular flexibility index (Phi) is 13.8. The highest BCUT2D eigenvalue weighted by Gasteiger charge is 2.44. The molecule has 1 saturated heterocycles. The maximum Gasteiger partial charge on any atom is 0.328 e. The first-order valence-electron chi connectivity index (χ1n) is 19.5. The molecule has 0 bridgehead atoms. The smallest absolute Gasteiger partial charge is 0.328 e. The zero-order valence-electron chi connectivity index (χ0n) is 32.1. The molecule has 0 saturated carbocycles. The van der Waals surface area contributed by atoms with Gasteiger partial charge in [0.1, 0.15) is 17.9 Å². The van der Waals surface area contributed by atoms with Gasteiger partial charge >= 0.3 is 11.9 Å². The molecule has 0 aliphatic carbocycles. The van der Waals surface area contributed by atoms with Gasteiger partial charge in [-0.2, -0.15) is 0 Å². The van der Waals surface area contributed by atoms with E-state index >= 15 is 0 Å². The van der Waals surface area contributed by atoms with Crippen LogP contribution in [0.3, 0.4) is 0 Å². The van der Waals surface area contributed by atoms with Crippen molar-refractivity contribution in [3.8, 4) is 16.9 Å². The lowest BCUT2D eigenvalue weighted by molar-refractivity contribution is -0.150. The summed E-state index contributed by atoms with van der Waals surface area (Å²) in [6.45, 7) is 5.56. The number of fused-ring (bicyclic) bond motifs is 3. The van der Waals surface area contributed by atoms with Crippen LogP contribution >= 0.6 is 0 Å². The summed E-state index contributed by atoms with van der Waals surface area (Å²) in [6.07, 6.45) is 3.93. The standard InChI is InChI=1S/C44H53N5O7/c1-28(2)22-38(48-43(53)42(52)36(45)23-29-8-4-3-5-9-29)44(54)55-21-7-12-40(51)56-33-11-6-10-31(24-33)32-13-14-37-35(25-32)41-34(39(27-50)47-37)17-20-49(41)26-30-15-18-46-19-16-30/h3-6,8-11,13-16,18-19,24-25,28,34,36,38-39,41-42,47,50,52H,7,12,17,20-23,26-27,45H2,1-2H3,(H,48,53)/t34-,36-,38+,39-,41-,42+/m1/s1. The van der Waals surface area contributed by atoms with Gasteiger partial charge in [0.15, 0.2) is 0 Å². The third-order valence-electron chi connectivity index (χ3n) is 10.6. The lowest BCUT2D eigenvalue weighted by atomic mass is 9.82. The molecule has 6 N–H and O–H groups in total. The van der Waals surface area contributed by atoms with Crippen LogP contribution in [0, 0.1) is 11.8 Å². The molecule has 12 heteroatoms. The van der Waals surface area contributed by atoms with Gasteiger partial charge in [-0.3, -0.25) is 19.5 Å². The third-order valence-corrected chi connectivity index (χ3v) is 10.6. The van der Waals surface area contributed by atoms with E-state index in [0.29, 0.717) is 18.6 Å². The Morgan fingerprint density at radius 2 is 1.75 bits per heavy atom. The number of benzene rings is 3. The van der Waals surface area contributed by atoms with Crippen LogP contribution in [0.2, 0.25) is 0 Å². The Labute approximate surface area is 328 Å². The second-order valence-electron chi connectivity index (χ2n) is 15.2. The number of aliphatic hydroxyl groups is 2. The van der Waals surface area contributed by atoms with Gasteiger partial charge in [-0.05, 0) is 102 Å². The molecule has 56 heavy (non-hydrogen) atoms. The number of likely N-dealkylation sites (tertiary alicyclic amines) is 1. The van der Waals surface area contributed by atoms with Gasteiger partial charge in [-0.1, -0.05) is 62.4 Å². The number of anilines is 1. The van der Waals surface area contributed by atoms with Crippen LogP contribution in [0.25, 0.3) is 11.1 Å². The van der Waals surface area contributed by atoms with Crippen LogP contribution in [-0.2, 0) is 32.1 Å². The predicted octanol–water partition coefficient (Wildman–Crippen LogP) is 4.79. The van der Waals surface area contributed by atoms with E-state index in [1.807, 2.05) is 93.0 Å². The summed E-state index contributed by atoms with van der Waals surface area (Å²) in [5.41, 5.74) is 12.3. The Morgan fingerprint density at radius 3 is 2.50 bits per heavy atom. The largest absolute Gasteiger partial charge is 0.464 e. The molecule has 2 aliphatic rings. The number of rotatable bonds is 17. The van der Waals surface area contributed by atoms with Crippen molar-refractivity contribution >= 4 is 23.5 Å². The van der Waals surface area contributed by atoms with Crippen molar-refractivity contribution in [2.75, 3.05) is 25.1 Å². The molecule has 12 nitrogen and oxygen atoms in total. The number of aliphatic hydroxyl groups excluding tert-OH is 2. The zero-order valence-corrected chi connectivity index (χ0v) is 32.1. The summed E-state index contributed by atoms with van der Waals surface area (Å²) in [6, 6.07) is 25.4. The Hall–Kier alpha value is -5.14. The van der Waals surface area contributed by atoms with Crippen LogP contribution < -0.4 is 21.1 Å². The van der Waals surface area contributed by atoms with Gasteiger partial charge in [0.05, 0.1) is 19.3 Å². The number of nitrogens with zero attached hydrogens (tertiary/aromatic N) is 2. The molecular formula is C44H53N5O7. The second-order valence-corrected chi connectivity index (χ2v) is 15.2. The molecule has 0 radical (unpaired) electrons. The second kappa shape index (κ2) is 19.1. The number of nitrogens with two attached hydrogens (primary N) is 1. The van der Waals surface area contributed by atoms with Gasteiger partial charge in [-0.25, -0.2) is 4.79 Å². The summed E-state index contributed by atoms with van der Waals surface area (Å²) in [5, 5.41) is 27.0. The molecule has 3 heterocycles. The number of pyridine rings is 1. The van der Waals surface area contributed by atoms with Crippen molar-refractivity contribution < 1.29 is 34.1 Å². The molecular weight excluding hydrogens is 711 g/mol. The highest BCUT2D eigenvalue weighted by molar-refractivity contribution is 5.87. The molecule has 296 valence electrons. The quantitative estimate of drug-likeness (QED) is 0.0568. The van der Waals surface area contributed by atoms with Gasteiger partial charge in [0.2, 0.25) is 0 Å². The summed E-state index contributed by atoms with van der Waals surface area (Å²) >= 11 is 0. The van der Waals surface area contributed by atoms with E-state index < -0.39 is 36.0 Å². The van der Waals surface area contributed by atoms with Gasteiger partial charge in [-0.15, -0.1) is 0 Å². The van der Waals surface area contributed by atoms with E-state index in [9.17, 15) is 24.6 Å². The molecule has 0 spiro atoms. The summed E-state index contributed by atoms with van der Waals surface area (Å²) in [7, 11) is 0. The van der Waals surface area contributed by atoms with Crippen molar-refractivity contribution in [3.05, 3.63) is 114 Å². The summed E-state index contributed by atoms with van der Waals surface area (Å²) in [5.74, 6) is -1.13. The van der Waals surface area contributed by atoms with Crippen molar-refractivity contribution in [2.24, 2.45) is 17.6 Å². The van der Waals surface area contributed by atoms with Crippen molar-refractivity contribution in [1.82, 2.24) is 15.2 Å². The molecule has 2 aliphatic heterocycles. The Morgan fingerprint density at radius 1 is 0.982 bits per heavy atom. The van der Waals surface area contributed by atoms with Gasteiger partial charge in [0, 0.05) is 49.0 Å². The molecule has 1 amide bonds. The Balaban J connectivity index is 1.02. The van der Waals surface area contributed by atoms with E-state index in [-0.39, 0.29) is 50.0 Å². The highest BCUT2D eigenvalue weighted by Crippen LogP contribution is 2.48. The zero-order chi connectivity index (χ0) is 39.6. The minimum atomic E-state index is -1.51. The summed E-state index contributed by atoms with van der Waals surface area (Å²) < 4.78 is 11.1. The number of aromatic nitrogens is 1. The normalized spacial score (nSPS) is 19.2. The SMILES string of the molecule is CC(C)C[C@H](NC(=O)[C@@H](O)[C@H](N)Cc1ccccc1)C(=O)OCCCC(=O)Oc1cccc(-c2ccc3c(c2)[C@H]2[C@H](CCN2Cc2ccncc2)[C@@H](CO)N3)c1. The number of hydrogen-bond acceptors (Lipinski definition) is 11. The molecule has 1 fully saturated rings. The van der Waals surface area contributed by atoms with Crippen molar-refractivity contribution in [3.63, 3.8) is 0 Å². The monoisotopic (exact) mass is 763 g/mol. The number of carbonyl (C=O) groups excluding carboxylic acids is 3. The number of hydrogen-bond donors (Lipinski definition) is 5. The van der Waals surface area contributed by atoms with Crippen molar-refractivity contribution in [2.45, 2.75) is 82.8 Å². The molecule has 3 aromatic carbocycles. The van der Waals surface area contributed by atoms with Crippen LogP contribution in [0.15, 0.2) is 97.3 Å². The lowest BCUT2D eigenvalue weighted by Crippen LogP contribution is -2.52. The summed E-state index contributed by atoms with van der Waals surface area (Å²) in [4.78, 5) is 45.4. The molecule has 1 aromatic heterocycles. The molecule has 6 rings (SSSR count). The van der Waals surface area contributed by atoms with Gasteiger partial charge in [0.25, 0.3) is 5.91 Å². The third kappa shape index (κ3) is 10.4. The minimum absolute atomic E-state index is 0.0126. The average Bonchev–Trinajstić information content (AvgIpc) is 3.62. The molecule has 0 unspecified atom stereocenters. The van der Waals surface area contributed by atoms with Crippen LogP contribution in [0.5, 0.6) is 5.75 Å². The highest BCUT2D eigenvalue weighted by atomic mass is 16.5. The number of nitrogens with one attached hydrogen (secondary N) is 2. The fraction of sp³-hybridized carbons (Fsp3) is 0.409. The van der Waals surface area contributed by atoms with Crippen LogP contribution in [0.4, 0.5) is 5.69 Å². The van der Waals surface area contributed by atoms with Crippen molar-refractivity contribution in [1.29, 1.82) is 0 Å². The first-order chi connectivity index (χ1) is 27.1. The average molecular weight is 764 g/mol. The van der Waals surface area contributed by atoms with E-state index in [1.54, 1.807) is 6.07 Å². The first-order valence-corrected chi connectivity index (χ1v) is 19.5. The number of esters is 2. The van der Waals surface area contributed by atoms with E-state index in [0.717, 1.165) is 41.9 Å². The maximum absolute atomic E-state index is 13.0. The minimum Gasteiger partial charge on any atom is -0.464 e. The van der Waals surface area contributed by atoms with Crippen LogP contribution in [0.1, 0.15) is 62.3 Å². The van der Waals surface area contributed by atoms with E-state index in [4.69, 9.17) is 15.2 Å². The fourth-order valence-electron chi connectivity index (χ4n) is 7.78. The number of carbonyl (C=O) groups is 3. The van der Waals surface area contributed by atoms with E-state index in [2.05, 4.69) is 32.7 Å². The number of amides is 1. The lowest BCUT2D eigenvalue weighted by Gasteiger charge is -2.39. The Bertz CT molecular complexity index is 1930. The fourth-order valence-corrected chi connectivity index (χ4v) is 7.78. The maximum atomic E-state index is 13.0. The predicted molar refractivity (Wildman–Crippen MR) is 213 cm³/mol. The van der Waals surface area contributed by atoms with Gasteiger partial charge < -0.3 is 36.1 Å². The molecule has 4 aromatic rings. The number of ether oxygens (including phenoxy) is 2.